The Morgan fingerprint density at radius 2 is 2.05 bits per heavy atom. The molecule has 1 saturated heterocycles. The fourth-order valence-electron chi connectivity index (χ4n) is 2.34. The fraction of sp³-hybridized carbons (Fsp3) is 0.467. The van der Waals surface area contributed by atoms with Crippen molar-refractivity contribution in [2.24, 2.45) is 5.41 Å². The van der Waals surface area contributed by atoms with Gasteiger partial charge in [0.05, 0.1) is 5.41 Å². The van der Waals surface area contributed by atoms with E-state index in [4.69, 9.17) is 0 Å². The van der Waals surface area contributed by atoms with Crippen LogP contribution in [0.1, 0.15) is 25.3 Å². The Bertz CT molecular complexity index is 595. The summed E-state index contributed by atoms with van der Waals surface area (Å²) in [7, 11) is 0. The van der Waals surface area contributed by atoms with Gasteiger partial charge in [-0.2, -0.15) is 0 Å². The van der Waals surface area contributed by atoms with Crippen LogP contribution in [0.4, 0.5) is 13.2 Å². The maximum Gasteiger partial charge on any atom is 0.227 e. The van der Waals surface area contributed by atoms with Gasteiger partial charge < -0.3 is 10.6 Å². The Hall–Kier alpha value is -2.05. The zero-order chi connectivity index (χ0) is 16.3. The average molecular weight is 314 g/mol. The number of amides is 2. The monoisotopic (exact) mass is 314 g/mol. The molecule has 120 valence electrons. The summed E-state index contributed by atoms with van der Waals surface area (Å²) in [6.07, 6.45) is 0.767. The van der Waals surface area contributed by atoms with E-state index in [2.05, 4.69) is 10.6 Å². The van der Waals surface area contributed by atoms with Crippen molar-refractivity contribution in [1.29, 1.82) is 0 Å². The predicted octanol–water partition coefficient (Wildman–Crippen LogP) is 1.68. The van der Waals surface area contributed by atoms with E-state index in [0.717, 1.165) is 12.1 Å². The minimum absolute atomic E-state index is 0.00120. The molecule has 1 fully saturated rings. The number of carbonyl (C=O) groups excluding carboxylic acids is 2. The Morgan fingerprint density at radius 3 is 2.68 bits per heavy atom. The first-order chi connectivity index (χ1) is 10.3. The molecular weight excluding hydrogens is 297 g/mol. The maximum absolute atomic E-state index is 13.5. The number of hydrogen-bond acceptors (Lipinski definition) is 2. The number of halogens is 3. The van der Waals surface area contributed by atoms with Gasteiger partial charge in [-0.05, 0) is 31.4 Å². The van der Waals surface area contributed by atoms with Crippen LogP contribution in [-0.4, -0.2) is 24.9 Å². The Balaban J connectivity index is 1.90. The molecule has 0 spiro atoms. The van der Waals surface area contributed by atoms with Crippen LogP contribution < -0.4 is 10.6 Å². The second-order valence-corrected chi connectivity index (χ2v) is 5.68. The van der Waals surface area contributed by atoms with Crippen molar-refractivity contribution in [3.63, 3.8) is 0 Å². The summed E-state index contributed by atoms with van der Waals surface area (Å²) in [5.74, 6) is -4.32. The van der Waals surface area contributed by atoms with E-state index in [-0.39, 0.29) is 43.3 Å². The predicted molar refractivity (Wildman–Crippen MR) is 73.4 cm³/mol. The fourth-order valence-corrected chi connectivity index (χ4v) is 2.34. The quantitative estimate of drug-likeness (QED) is 0.831. The lowest BCUT2D eigenvalue weighted by atomic mass is 9.81. The van der Waals surface area contributed by atoms with Crippen LogP contribution in [0.15, 0.2) is 12.1 Å². The van der Waals surface area contributed by atoms with E-state index in [0.29, 0.717) is 6.42 Å². The van der Waals surface area contributed by atoms with Gasteiger partial charge in [0.1, 0.15) is 0 Å². The molecule has 2 rings (SSSR count). The lowest BCUT2D eigenvalue weighted by Gasteiger charge is -2.32. The van der Waals surface area contributed by atoms with Crippen molar-refractivity contribution in [3.8, 4) is 0 Å². The van der Waals surface area contributed by atoms with Gasteiger partial charge in [-0.1, -0.05) is 6.07 Å². The highest BCUT2D eigenvalue weighted by Gasteiger charge is 2.36. The summed E-state index contributed by atoms with van der Waals surface area (Å²) < 4.78 is 39.4. The molecule has 0 radical (unpaired) electrons. The normalized spacial score (nSPS) is 21.4. The third-order valence-corrected chi connectivity index (χ3v) is 3.92. The van der Waals surface area contributed by atoms with E-state index < -0.39 is 22.9 Å². The molecule has 1 aliphatic heterocycles. The van der Waals surface area contributed by atoms with Crippen LogP contribution in [0, 0.1) is 22.9 Å². The number of nitrogens with one attached hydrogen (secondary N) is 2. The molecule has 0 bridgehead atoms. The standard InChI is InChI=1S/C15H17F3N2O2/c1-15(6-4-11(21)20-8-15)14(22)19-7-5-9-2-3-10(16)13(18)12(9)17/h2-3H,4-8H2,1H3,(H,19,22)(H,20,21). The molecule has 1 unspecified atom stereocenters. The second kappa shape index (κ2) is 6.37. The number of rotatable bonds is 4. The zero-order valence-corrected chi connectivity index (χ0v) is 12.1. The molecule has 1 aliphatic rings. The van der Waals surface area contributed by atoms with Crippen LogP contribution in [0.5, 0.6) is 0 Å². The van der Waals surface area contributed by atoms with E-state index in [9.17, 15) is 22.8 Å². The van der Waals surface area contributed by atoms with Gasteiger partial charge in [-0.15, -0.1) is 0 Å². The minimum Gasteiger partial charge on any atom is -0.355 e. The molecule has 0 aromatic heterocycles. The third-order valence-electron chi connectivity index (χ3n) is 3.92. The molecule has 1 heterocycles. The molecule has 2 N–H and O–H groups in total. The maximum atomic E-state index is 13.5. The number of piperidine rings is 1. The molecule has 0 saturated carbocycles. The first-order valence-corrected chi connectivity index (χ1v) is 7.01. The Labute approximate surface area is 126 Å². The molecular formula is C15H17F3N2O2. The summed E-state index contributed by atoms with van der Waals surface area (Å²) in [6, 6.07) is 2.01. The SMILES string of the molecule is CC1(C(=O)NCCc2ccc(F)c(F)c2F)CCC(=O)NC1. The number of hydrogen-bond donors (Lipinski definition) is 2. The van der Waals surface area contributed by atoms with Crippen LogP contribution in [0.25, 0.3) is 0 Å². The van der Waals surface area contributed by atoms with Gasteiger partial charge in [-0.3, -0.25) is 9.59 Å². The van der Waals surface area contributed by atoms with Crippen LogP contribution in [-0.2, 0) is 16.0 Å². The lowest BCUT2D eigenvalue weighted by molar-refractivity contribution is -0.134. The van der Waals surface area contributed by atoms with E-state index >= 15 is 0 Å². The van der Waals surface area contributed by atoms with Gasteiger partial charge in [0.15, 0.2) is 17.5 Å². The van der Waals surface area contributed by atoms with Crippen LogP contribution in [0.3, 0.4) is 0 Å². The van der Waals surface area contributed by atoms with Crippen molar-refractivity contribution in [2.75, 3.05) is 13.1 Å². The van der Waals surface area contributed by atoms with E-state index in [1.165, 1.54) is 0 Å². The summed E-state index contributed by atoms with van der Waals surface area (Å²) >= 11 is 0. The molecule has 1 atom stereocenters. The van der Waals surface area contributed by atoms with Crippen molar-refractivity contribution < 1.29 is 22.8 Å². The second-order valence-electron chi connectivity index (χ2n) is 5.68. The summed E-state index contributed by atoms with van der Waals surface area (Å²) in [4.78, 5) is 23.3. The van der Waals surface area contributed by atoms with Gasteiger partial charge in [0.2, 0.25) is 11.8 Å². The van der Waals surface area contributed by atoms with Gasteiger partial charge in [0, 0.05) is 19.5 Å². The Morgan fingerprint density at radius 1 is 1.32 bits per heavy atom. The summed E-state index contributed by atoms with van der Waals surface area (Å²) in [5, 5.41) is 5.28. The molecule has 7 heteroatoms. The van der Waals surface area contributed by atoms with Crippen molar-refractivity contribution in [2.45, 2.75) is 26.2 Å². The van der Waals surface area contributed by atoms with Gasteiger partial charge in [0.25, 0.3) is 0 Å². The third kappa shape index (κ3) is 3.40. The minimum atomic E-state index is -1.51. The molecule has 4 nitrogen and oxygen atoms in total. The van der Waals surface area contributed by atoms with Gasteiger partial charge in [-0.25, -0.2) is 13.2 Å². The van der Waals surface area contributed by atoms with E-state index in [1.807, 2.05) is 0 Å². The summed E-state index contributed by atoms with van der Waals surface area (Å²) in [5.41, 5.74) is -0.707. The van der Waals surface area contributed by atoms with Crippen molar-refractivity contribution in [3.05, 3.63) is 35.1 Å². The number of benzene rings is 1. The van der Waals surface area contributed by atoms with Gasteiger partial charge >= 0.3 is 0 Å². The van der Waals surface area contributed by atoms with Crippen molar-refractivity contribution >= 4 is 11.8 Å². The molecule has 22 heavy (non-hydrogen) atoms. The number of carbonyl (C=O) groups is 2. The lowest BCUT2D eigenvalue weighted by Crippen LogP contribution is -2.50. The van der Waals surface area contributed by atoms with Crippen LogP contribution >= 0.6 is 0 Å². The molecule has 0 aliphatic carbocycles. The topological polar surface area (TPSA) is 58.2 Å². The van der Waals surface area contributed by atoms with Crippen LogP contribution in [0.2, 0.25) is 0 Å². The average Bonchev–Trinajstić information content (AvgIpc) is 2.50. The zero-order valence-electron chi connectivity index (χ0n) is 12.1. The molecule has 2 amide bonds. The largest absolute Gasteiger partial charge is 0.355 e. The highest BCUT2D eigenvalue weighted by molar-refractivity contribution is 5.86. The first kappa shape index (κ1) is 16.3. The highest BCUT2D eigenvalue weighted by atomic mass is 19.2. The van der Waals surface area contributed by atoms with E-state index in [1.54, 1.807) is 6.92 Å². The summed E-state index contributed by atoms with van der Waals surface area (Å²) in [6.45, 7) is 2.08. The van der Waals surface area contributed by atoms with Crippen molar-refractivity contribution in [1.82, 2.24) is 10.6 Å². The smallest absolute Gasteiger partial charge is 0.227 e. The molecule has 1 aromatic rings. The molecule has 1 aromatic carbocycles. The highest BCUT2D eigenvalue weighted by Crippen LogP contribution is 2.26. The Kier molecular flexibility index (Phi) is 4.73. The first-order valence-electron chi connectivity index (χ1n) is 7.01.